The van der Waals surface area contributed by atoms with E-state index in [1.54, 1.807) is 26.0 Å². The van der Waals surface area contributed by atoms with E-state index in [4.69, 9.17) is 9.47 Å². The van der Waals surface area contributed by atoms with Crippen molar-refractivity contribution in [2.24, 2.45) is 5.10 Å². The van der Waals surface area contributed by atoms with E-state index < -0.39 is 16.8 Å². The second-order valence-electron chi connectivity index (χ2n) is 6.48. The van der Waals surface area contributed by atoms with Gasteiger partial charge in [-0.15, -0.1) is 0 Å². The summed E-state index contributed by atoms with van der Waals surface area (Å²) in [7, 11) is 0. The van der Waals surface area contributed by atoms with Crippen molar-refractivity contribution in [2.45, 2.75) is 46.0 Å². The lowest BCUT2D eigenvalue weighted by Crippen LogP contribution is -2.31. The molecule has 0 amide bonds. The molecule has 2 rings (SSSR count). The van der Waals surface area contributed by atoms with Gasteiger partial charge in [0.2, 0.25) is 0 Å². The first kappa shape index (κ1) is 21.6. The highest BCUT2D eigenvalue weighted by Crippen LogP contribution is 2.34. The molecular weight excluding hydrogens is 362 g/mol. The summed E-state index contributed by atoms with van der Waals surface area (Å²) in [6.07, 6.45) is 2.53. The highest BCUT2D eigenvalue weighted by Gasteiger charge is 2.33. The van der Waals surface area contributed by atoms with Gasteiger partial charge >= 0.3 is 5.97 Å². The van der Waals surface area contributed by atoms with Crippen LogP contribution in [-0.2, 0) is 14.3 Å². The maximum absolute atomic E-state index is 12.6. The zero-order chi connectivity index (χ0) is 20.5. The van der Waals surface area contributed by atoms with Crippen LogP contribution in [0.3, 0.4) is 0 Å². The van der Waals surface area contributed by atoms with Crippen molar-refractivity contribution in [3.05, 3.63) is 51.2 Å². The number of unbranched alkanes of at least 4 members (excludes halogenated alkanes) is 1. The molecule has 1 heterocycles. The molecule has 1 N–H and O–H groups in total. The van der Waals surface area contributed by atoms with Crippen LogP contribution in [0.4, 0.5) is 5.69 Å². The van der Waals surface area contributed by atoms with Crippen LogP contribution < -0.4 is 5.43 Å². The van der Waals surface area contributed by atoms with Crippen LogP contribution in [0, 0.1) is 10.1 Å². The number of ether oxygens (including phenoxy) is 2. The Hall–Kier alpha value is -2.74. The van der Waals surface area contributed by atoms with Gasteiger partial charge in [-0.25, -0.2) is 4.79 Å². The van der Waals surface area contributed by atoms with Crippen molar-refractivity contribution in [1.29, 1.82) is 0 Å². The number of allylic oxidation sites excluding steroid dienone is 1. The van der Waals surface area contributed by atoms with E-state index in [0.29, 0.717) is 42.2 Å². The quantitative estimate of drug-likeness (QED) is 0.283. The SMILES string of the molecule is CCCCOCCC1=NNC(C)=C(C(=O)OCC)C1c1cccc([N+](=O)[O-])c1. The standard InChI is InChI=1S/C20H27N3O5/c1-4-6-11-27-12-10-17-19(15-8-7-9-16(13-15)23(25)26)18(14(3)21-22-17)20(24)28-5-2/h7-9,13,19,21H,4-6,10-12H2,1-3H3. The van der Waals surface area contributed by atoms with Gasteiger partial charge in [0.15, 0.2) is 0 Å². The molecule has 0 saturated heterocycles. The lowest BCUT2D eigenvalue weighted by atomic mass is 9.83. The molecule has 1 aromatic rings. The first-order valence-corrected chi connectivity index (χ1v) is 9.52. The van der Waals surface area contributed by atoms with Gasteiger partial charge in [0.05, 0.1) is 35.3 Å². The Morgan fingerprint density at radius 2 is 2.11 bits per heavy atom. The summed E-state index contributed by atoms with van der Waals surface area (Å²) in [4.78, 5) is 23.4. The van der Waals surface area contributed by atoms with Crippen molar-refractivity contribution < 1.29 is 19.2 Å². The molecule has 28 heavy (non-hydrogen) atoms. The summed E-state index contributed by atoms with van der Waals surface area (Å²) >= 11 is 0. The molecule has 1 atom stereocenters. The Morgan fingerprint density at radius 3 is 2.79 bits per heavy atom. The molecule has 1 unspecified atom stereocenters. The molecule has 152 valence electrons. The number of nitrogens with zero attached hydrogens (tertiary/aromatic N) is 2. The highest BCUT2D eigenvalue weighted by atomic mass is 16.6. The molecular formula is C20H27N3O5. The average Bonchev–Trinajstić information content (AvgIpc) is 2.68. The molecule has 0 fully saturated rings. The predicted octanol–water partition coefficient (Wildman–Crippen LogP) is 3.68. The maximum atomic E-state index is 12.6. The van der Waals surface area contributed by atoms with Gasteiger partial charge in [-0.05, 0) is 25.8 Å². The van der Waals surface area contributed by atoms with Gasteiger partial charge in [0, 0.05) is 30.9 Å². The van der Waals surface area contributed by atoms with Crippen molar-refractivity contribution in [2.75, 3.05) is 19.8 Å². The second-order valence-corrected chi connectivity index (χ2v) is 6.48. The van der Waals surface area contributed by atoms with E-state index in [2.05, 4.69) is 17.5 Å². The van der Waals surface area contributed by atoms with E-state index in [9.17, 15) is 14.9 Å². The fourth-order valence-electron chi connectivity index (χ4n) is 3.05. The zero-order valence-electron chi connectivity index (χ0n) is 16.6. The molecule has 0 saturated carbocycles. The van der Waals surface area contributed by atoms with Crippen LogP contribution in [0.25, 0.3) is 0 Å². The minimum absolute atomic E-state index is 0.0320. The monoisotopic (exact) mass is 389 g/mol. The third-order valence-corrected chi connectivity index (χ3v) is 4.45. The molecule has 0 aliphatic carbocycles. The fraction of sp³-hybridized carbons (Fsp3) is 0.500. The Bertz CT molecular complexity index is 773. The number of hydrazone groups is 1. The van der Waals surface area contributed by atoms with Gasteiger partial charge in [0.1, 0.15) is 0 Å². The number of nitro benzene ring substituents is 1. The number of esters is 1. The molecule has 0 radical (unpaired) electrons. The molecule has 0 spiro atoms. The van der Waals surface area contributed by atoms with Crippen LogP contribution in [0.5, 0.6) is 0 Å². The summed E-state index contributed by atoms with van der Waals surface area (Å²) in [5.41, 5.74) is 5.16. The molecule has 1 aliphatic heterocycles. The van der Waals surface area contributed by atoms with Gasteiger partial charge in [0.25, 0.3) is 5.69 Å². The minimum atomic E-state index is -0.519. The normalized spacial score (nSPS) is 16.4. The molecule has 1 aliphatic rings. The molecule has 1 aromatic carbocycles. The molecule has 0 aromatic heterocycles. The van der Waals surface area contributed by atoms with Crippen molar-refractivity contribution in [3.8, 4) is 0 Å². The van der Waals surface area contributed by atoms with Crippen LogP contribution in [0.1, 0.15) is 51.5 Å². The van der Waals surface area contributed by atoms with Gasteiger partial charge < -0.3 is 9.47 Å². The van der Waals surface area contributed by atoms with Crippen molar-refractivity contribution in [1.82, 2.24) is 5.43 Å². The van der Waals surface area contributed by atoms with E-state index in [1.807, 2.05) is 0 Å². The van der Waals surface area contributed by atoms with Crippen LogP contribution in [0.2, 0.25) is 0 Å². The highest BCUT2D eigenvalue weighted by molar-refractivity contribution is 6.04. The largest absolute Gasteiger partial charge is 0.463 e. The van der Waals surface area contributed by atoms with E-state index in [-0.39, 0.29) is 12.3 Å². The Morgan fingerprint density at radius 1 is 1.32 bits per heavy atom. The van der Waals surface area contributed by atoms with E-state index in [0.717, 1.165) is 12.8 Å². The number of benzene rings is 1. The topological polar surface area (TPSA) is 103 Å². The van der Waals surface area contributed by atoms with Crippen molar-refractivity contribution >= 4 is 17.4 Å². The van der Waals surface area contributed by atoms with Crippen molar-refractivity contribution in [3.63, 3.8) is 0 Å². The third-order valence-electron chi connectivity index (χ3n) is 4.45. The summed E-state index contributed by atoms with van der Waals surface area (Å²) in [6.45, 7) is 6.94. The smallest absolute Gasteiger partial charge is 0.336 e. The Labute approximate surface area is 164 Å². The number of nitro groups is 1. The Balaban J connectivity index is 2.35. The van der Waals surface area contributed by atoms with Gasteiger partial charge in [-0.3, -0.25) is 15.5 Å². The number of carbonyl (C=O) groups is 1. The minimum Gasteiger partial charge on any atom is -0.463 e. The fourth-order valence-corrected chi connectivity index (χ4v) is 3.05. The first-order valence-electron chi connectivity index (χ1n) is 9.52. The number of hydrogen-bond acceptors (Lipinski definition) is 7. The zero-order valence-corrected chi connectivity index (χ0v) is 16.6. The number of non-ortho nitro benzene ring substituents is 1. The first-order chi connectivity index (χ1) is 13.5. The summed E-state index contributed by atoms with van der Waals surface area (Å²) in [5, 5.41) is 15.6. The van der Waals surface area contributed by atoms with Crippen LogP contribution in [0.15, 0.2) is 40.6 Å². The summed E-state index contributed by atoms with van der Waals surface area (Å²) < 4.78 is 10.9. The lowest BCUT2D eigenvalue weighted by molar-refractivity contribution is -0.384. The van der Waals surface area contributed by atoms with E-state index in [1.165, 1.54) is 12.1 Å². The van der Waals surface area contributed by atoms with Gasteiger partial charge in [-0.1, -0.05) is 25.5 Å². The van der Waals surface area contributed by atoms with Gasteiger partial charge in [-0.2, -0.15) is 5.10 Å². The van der Waals surface area contributed by atoms with Crippen LogP contribution >= 0.6 is 0 Å². The molecule has 8 heteroatoms. The number of nitrogens with one attached hydrogen (secondary N) is 1. The van der Waals surface area contributed by atoms with E-state index >= 15 is 0 Å². The van der Waals surface area contributed by atoms with Crippen LogP contribution in [-0.4, -0.2) is 36.4 Å². The summed E-state index contributed by atoms with van der Waals surface area (Å²) in [5.74, 6) is -0.974. The number of carbonyl (C=O) groups excluding carboxylic acids is 1. The Kier molecular flexibility index (Phi) is 8.13. The lowest BCUT2D eigenvalue weighted by Gasteiger charge is -2.27. The predicted molar refractivity (Wildman–Crippen MR) is 106 cm³/mol. The summed E-state index contributed by atoms with van der Waals surface area (Å²) in [6, 6.07) is 6.29. The second kappa shape index (κ2) is 10.6. The maximum Gasteiger partial charge on any atom is 0.336 e. The third kappa shape index (κ3) is 5.39. The number of rotatable bonds is 10. The average molecular weight is 389 g/mol. The molecule has 0 bridgehead atoms. The number of hydrogen-bond donors (Lipinski definition) is 1. The molecule has 8 nitrogen and oxygen atoms in total.